The molecule has 114 valence electrons. The Labute approximate surface area is 124 Å². The molecule has 1 atom stereocenters. The number of fused-ring (bicyclic) bond motifs is 1. The molecule has 2 aromatic rings. The van der Waals surface area contributed by atoms with Gasteiger partial charge in [-0.1, -0.05) is 13.8 Å². The van der Waals surface area contributed by atoms with E-state index in [9.17, 15) is 9.90 Å². The zero-order valence-corrected chi connectivity index (χ0v) is 13.2. The Morgan fingerprint density at radius 1 is 1.38 bits per heavy atom. The summed E-state index contributed by atoms with van der Waals surface area (Å²) in [6.45, 7) is 6.43. The van der Waals surface area contributed by atoms with Crippen LogP contribution in [0.15, 0.2) is 12.4 Å². The van der Waals surface area contributed by atoms with Gasteiger partial charge in [0.25, 0.3) is 0 Å². The van der Waals surface area contributed by atoms with E-state index < -0.39 is 5.97 Å². The third kappa shape index (κ3) is 2.84. The third-order valence-corrected chi connectivity index (χ3v) is 3.79. The fourth-order valence-electron chi connectivity index (χ4n) is 2.68. The highest BCUT2D eigenvalue weighted by atomic mass is 16.4. The Balaban J connectivity index is 2.58. The molecule has 0 fully saturated rings. The molecule has 6 heteroatoms. The summed E-state index contributed by atoms with van der Waals surface area (Å²) in [5.74, 6) is -0.422. The van der Waals surface area contributed by atoms with Gasteiger partial charge in [-0.3, -0.25) is 4.68 Å². The number of nitrogens with zero attached hydrogens (tertiary/aromatic N) is 4. The summed E-state index contributed by atoms with van der Waals surface area (Å²) >= 11 is 0. The standard InChI is InChI=1S/C15H22N4O2/c1-9(2)6-10(3)18(4)13-11-8-17-19(5)14(11)16-7-12(13)15(20)21/h7-10H,6H2,1-5H3,(H,20,21). The topological polar surface area (TPSA) is 71.2 Å². The smallest absolute Gasteiger partial charge is 0.339 e. The summed E-state index contributed by atoms with van der Waals surface area (Å²) in [5.41, 5.74) is 1.60. The molecule has 1 unspecified atom stereocenters. The van der Waals surface area contributed by atoms with Crippen LogP contribution in [-0.4, -0.2) is 38.9 Å². The first-order chi connectivity index (χ1) is 9.82. The van der Waals surface area contributed by atoms with Crippen LogP contribution in [0.5, 0.6) is 0 Å². The average molecular weight is 290 g/mol. The van der Waals surface area contributed by atoms with Crippen molar-refractivity contribution in [2.24, 2.45) is 13.0 Å². The molecule has 0 radical (unpaired) electrons. The van der Waals surface area contributed by atoms with E-state index >= 15 is 0 Å². The first-order valence-corrected chi connectivity index (χ1v) is 7.09. The number of rotatable bonds is 5. The summed E-state index contributed by atoms with van der Waals surface area (Å²) in [4.78, 5) is 17.8. The summed E-state index contributed by atoms with van der Waals surface area (Å²) < 4.78 is 1.66. The van der Waals surface area contributed by atoms with Crippen molar-refractivity contribution in [2.75, 3.05) is 11.9 Å². The Morgan fingerprint density at radius 2 is 2.05 bits per heavy atom. The number of carboxylic acids is 1. The predicted octanol–water partition coefficient (Wildman–Crippen LogP) is 2.54. The number of carbonyl (C=O) groups is 1. The van der Waals surface area contributed by atoms with Gasteiger partial charge in [-0.2, -0.15) is 5.10 Å². The number of carboxylic acid groups (broad SMARTS) is 1. The van der Waals surface area contributed by atoms with Crippen molar-refractivity contribution in [1.29, 1.82) is 0 Å². The van der Waals surface area contributed by atoms with Gasteiger partial charge in [0.1, 0.15) is 5.56 Å². The minimum absolute atomic E-state index is 0.216. The van der Waals surface area contributed by atoms with Gasteiger partial charge in [-0.05, 0) is 19.3 Å². The fourth-order valence-corrected chi connectivity index (χ4v) is 2.68. The molecule has 0 saturated carbocycles. The van der Waals surface area contributed by atoms with E-state index in [0.29, 0.717) is 17.3 Å². The lowest BCUT2D eigenvalue weighted by atomic mass is 10.0. The molecule has 2 aromatic heterocycles. The molecule has 2 heterocycles. The molecule has 0 saturated heterocycles. The van der Waals surface area contributed by atoms with E-state index in [1.807, 2.05) is 11.9 Å². The Kier molecular flexibility index (Phi) is 4.16. The van der Waals surface area contributed by atoms with Crippen LogP contribution < -0.4 is 4.90 Å². The van der Waals surface area contributed by atoms with Crippen LogP contribution in [0.4, 0.5) is 5.69 Å². The minimum atomic E-state index is -0.966. The molecule has 2 rings (SSSR count). The highest BCUT2D eigenvalue weighted by Gasteiger charge is 2.23. The fraction of sp³-hybridized carbons (Fsp3) is 0.533. The van der Waals surface area contributed by atoms with Crippen molar-refractivity contribution in [3.05, 3.63) is 18.0 Å². The van der Waals surface area contributed by atoms with Crippen LogP contribution in [0.2, 0.25) is 0 Å². The lowest BCUT2D eigenvalue weighted by Crippen LogP contribution is -2.31. The molecule has 1 N–H and O–H groups in total. The predicted molar refractivity (Wildman–Crippen MR) is 82.8 cm³/mol. The SMILES string of the molecule is CC(C)CC(C)N(C)c1c(C(=O)O)cnc2c1cnn2C. The van der Waals surface area contributed by atoms with E-state index in [4.69, 9.17) is 0 Å². The molecule has 0 amide bonds. The van der Waals surface area contributed by atoms with Crippen molar-refractivity contribution >= 4 is 22.7 Å². The van der Waals surface area contributed by atoms with Crippen molar-refractivity contribution in [3.63, 3.8) is 0 Å². The second kappa shape index (κ2) is 5.71. The van der Waals surface area contributed by atoms with E-state index in [1.54, 1.807) is 17.9 Å². The molecular formula is C15H22N4O2. The maximum atomic E-state index is 11.5. The summed E-state index contributed by atoms with van der Waals surface area (Å²) in [6.07, 6.45) is 4.09. The molecule has 0 aliphatic heterocycles. The molecule has 0 spiro atoms. The second-order valence-electron chi connectivity index (χ2n) is 5.92. The van der Waals surface area contributed by atoms with Crippen molar-refractivity contribution in [1.82, 2.24) is 14.8 Å². The Morgan fingerprint density at radius 3 is 2.62 bits per heavy atom. The number of hydrogen-bond donors (Lipinski definition) is 1. The van der Waals surface area contributed by atoms with Crippen LogP contribution in [-0.2, 0) is 7.05 Å². The first-order valence-electron chi connectivity index (χ1n) is 7.09. The molecule has 0 aromatic carbocycles. The molecular weight excluding hydrogens is 268 g/mol. The first kappa shape index (κ1) is 15.3. The number of anilines is 1. The van der Waals surface area contributed by atoms with Gasteiger partial charge >= 0.3 is 5.97 Å². The monoisotopic (exact) mass is 290 g/mol. The normalized spacial score (nSPS) is 12.9. The van der Waals surface area contributed by atoms with Gasteiger partial charge in [0.15, 0.2) is 5.65 Å². The quantitative estimate of drug-likeness (QED) is 0.916. The average Bonchev–Trinajstić information content (AvgIpc) is 2.77. The highest BCUT2D eigenvalue weighted by molar-refractivity contribution is 6.03. The van der Waals surface area contributed by atoms with Gasteiger partial charge in [0.2, 0.25) is 0 Å². The number of hydrogen-bond acceptors (Lipinski definition) is 4. The maximum Gasteiger partial charge on any atom is 0.339 e. The number of aromatic carboxylic acids is 1. The maximum absolute atomic E-state index is 11.5. The number of pyridine rings is 1. The van der Waals surface area contributed by atoms with Crippen LogP contribution in [0, 0.1) is 5.92 Å². The van der Waals surface area contributed by atoms with E-state index in [0.717, 1.165) is 11.8 Å². The minimum Gasteiger partial charge on any atom is -0.478 e. The van der Waals surface area contributed by atoms with Gasteiger partial charge in [0, 0.05) is 26.3 Å². The summed E-state index contributed by atoms with van der Waals surface area (Å²) in [6, 6.07) is 0.230. The van der Waals surface area contributed by atoms with Crippen molar-refractivity contribution in [3.8, 4) is 0 Å². The van der Waals surface area contributed by atoms with Crippen LogP contribution in [0.1, 0.15) is 37.6 Å². The summed E-state index contributed by atoms with van der Waals surface area (Å²) in [5, 5.41) is 14.4. The lowest BCUT2D eigenvalue weighted by molar-refractivity contribution is 0.0697. The molecule has 0 aliphatic rings. The van der Waals surface area contributed by atoms with Gasteiger partial charge in [0.05, 0.1) is 17.3 Å². The van der Waals surface area contributed by atoms with Crippen LogP contribution in [0.25, 0.3) is 11.0 Å². The van der Waals surface area contributed by atoms with Gasteiger partial charge in [-0.15, -0.1) is 0 Å². The van der Waals surface area contributed by atoms with Crippen LogP contribution >= 0.6 is 0 Å². The number of aryl methyl sites for hydroxylation is 1. The third-order valence-electron chi connectivity index (χ3n) is 3.79. The largest absolute Gasteiger partial charge is 0.478 e. The Bertz CT molecular complexity index is 663. The molecule has 0 aliphatic carbocycles. The zero-order chi connectivity index (χ0) is 15.7. The van der Waals surface area contributed by atoms with E-state index in [-0.39, 0.29) is 11.6 Å². The van der Waals surface area contributed by atoms with Gasteiger partial charge < -0.3 is 10.0 Å². The Hall–Kier alpha value is -2.11. The molecule has 6 nitrogen and oxygen atoms in total. The second-order valence-corrected chi connectivity index (χ2v) is 5.92. The highest BCUT2D eigenvalue weighted by Crippen LogP contribution is 2.31. The van der Waals surface area contributed by atoms with Gasteiger partial charge in [-0.25, -0.2) is 9.78 Å². The van der Waals surface area contributed by atoms with E-state index in [1.165, 1.54) is 6.20 Å². The summed E-state index contributed by atoms with van der Waals surface area (Å²) in [7, 11) is 3.73. The van der Waals surface area contributed by atoms with Crippen molar-refractivity contribution < 1.29 is 9.90 Å². The van der Waals surface area contributed by atoms with Crippen molar-refractivity contribution in [2.45, 2.75) is 33.2 Å². The van der Waals surface area contributed by atoms with Crippen LogP contribution in [0.3, 0.4) is 0 Å². The zero-order valence-electron chi connectivity index (χ0n) is 13.2. The van der Waals surface area contributed by atoms with E-state index in [2.05, 4.69) is 30.9 Å². The molecule has 0 bridgehead atoms. The lowest BCUT2D eigenvalue weighted by Gasteiger charge is -2.29. The molecule has 21 heavy (non-hydrogen) atoms. The number of aromatic nitrogens is 3.